The molecule has 428 valence electrons. The molecule has 0 saturated carbocycles. The van der Waals surface area contributed by atoms with Crippen molar-refractivity contribution < 1.29 is 67.7 Å². The smallest absolute Gasteiger partial charge is 0.255 e. The second-order valence-electron chi connectivity index (χ2n) is 19.5. The lowest BCUT2D eigenvalue weighted by Crippen LogP contribution is -2.64. The quantitative estimate of drug-likeness (QED) is 0.0550. The Hall–Kier alpha value is -6.88. The van der Waals surface area contributed by atoms with Gasteiger partial charge >= 0.3 is 0 Å². The van der Waals surface area contributed by atoms with E-state index in [4.69, 9.17) is 21.6 Å². The predicted molar refractivity (Wildman–Crippen MR) is 278 cm³/mol. The van der Waals surface area contributed by atoms with Crippen LogP contribution >= 0.6 is 0 Å². The molecule has 0 spiro atoms. The third kappa shape index (κ3) is 19.9. The number of benzene rings is 1. The van der Waals surface area contributed by atoms with Gasteiger partial charge in [0.2, 0.25) is 47.3 Å². The van der Waals surface area contributed by atoms with Crippen molar-refractivity contribution in [2.24, 2.45) is 23.1 Å². The number of rotatable bonds is 20. The van der Waals surface area contributed by atoms with Crippen molar-refractivity contribution in [2.75, 3.05) is 39.3 Å². The molecule has 77 heavy (non-hydrogen) atoms. The number of amides is 9. The van der Waals surface area contributed by atoms with Crippen molar-refractivity contribution in [3.8, 4) is 0 Å². The van der Waals surface area contributed by atoms with E-state index in [1.54, 1.807) is 51.1 Å². The maximum absolute atomic E-state index is 14.4. The van der Waals surface area contributed by atoms with Crippen LogP contribution in [0.2, 0.25) is 0 Å². The SMILES string of the molecule is Cc1cc(C(=O)N[C@H](C(=O)N[C@H](CO)C(=O)N[C@H]2CCNC(=O)[C@H]([C@@H](C)O)NC(=O)[C@H](CCN)NC[C@](C=O)(CCN)NC(=O)[C@H](CC(C)C)NC(=O)[C@@H](Cc3ccccc3)NC(=O)[C@H](CCN)NC2=O)[C@@H](C)O)c(C)o1. The maximum atomic E-state index is 14.4. The van der Waals surface area contributed by atoms with E-state index < -0.39 is 145 Å². The highest BCUT2D eigenvalue weighted by Gasteiger charge is 2.39. The summed E-state index contributed by atoms with van der Waals surface area (Å²) in [5.41, 5.74) is 16.6. The van der Waals surface area contributed by atoms with Gasteiger partial charge in [0.15, 0.2) is 0 Å². The number of aliphatic hydroxyl groups excluding tert-OH is 3. The topological polar surface area (TPSA) is 443 Å². The molecule has 0 radical (unpaired) electrons. The van der Waals surface area contributed by atoms with Crippen LogP contribution < -0.4 is 70.4 Å². The minimum atomic E-state index is -1.83. The summed E-state index contributed by atoms with van der Waals surface area (Å²) in [5.74, 6) is -8.14. The maximum Gasteiger partial charge on any atom is 0.255 e. The summed E-state index contributed by atoms with van der Waals surface area (Å²) in [7, 11) is 0. The number of nitrogens with one attached hydrogen (secondary N) is 10. The molecule has 27 heteroatoms. The van der Waals surface area contributed by atoms with E-state index in [1.807, 2.05) is 0 Å². The Morgan fingerprint density at radius 2 is 1.39 bits per heavy atom. The third-order valence-electron chi connectivity index (χ3n) is 12.5. The molecule has 0 unspecified atom stereocenters. The molecule has 0 bridgehead atoms. The van der Waals surface area contributed by atoms with Gasteiger partial charge in [-0.05, 0) is 97.0 Å². The highest BCUT2D eigenvalue weighted by Crippen LogP contribution is 2.16. The van der Waals surface area contributed by atoms with Gasteiger partial charge in [-0.3, -0.25) is 43.2 Å². The second-order valence-corrected chi connectivity index (χ2v) is 19.5. The fourth-order valence-electron chi connectivity index (χ4n) is 8.31. The minimum Gasteiger partial charge on any atom is -0.466 e. The fourth-order valence-corrected chi connectivity index (χ4v) is 8.31. The molecular weight excluding hydrogens is 1010 g/mol. The number of nitrogens with two attached hydrogens (primary N) is 3. The Morgan fingerprint density at radius 3 is 1.95 bits per heavy atom. The molecule has 1 aromatic heterocycles. The molecule has 1 aliphatic heterocycles. The number of aliphatic hydroxyl groups is 3. The standard InChI is InChI=1S/C50H79N13O14/c1-26(2)20-36-47(74)63-50(25-65,15-18-53)24-55-33(12-16-51)42(69)62-39(28(4)66)48(75)54-19-14-35(44(71)56-34(13-17-52)43(70)59-37(45(72)58-36)22-31-10-8-7-9-11-31)57-46(73)38(23-64)60-49(76)40(29(5)67)61-41(68)32-21-27(3)77-30(32)6/h7-11,21,25-26,28-29,33-40,55,64,66-67H,12-20,22-24,51-53H2,1-6H3,(H,54,75)(H,56,71)(H,57,73)(H,58,72)(H,59,70)(H,60,76)(H,61,68)(H,62,69)(H,63,74)/t28-,29-,33+,34+,35+,36+,37-,38-,39+,40+,50+/m1/s1. The number of furan rings is 1. The number of carbonyl (C=O) groups is 10. The summed E-state index contributed by atoms with van der Waals surface area (Å²) in [6.07, 6.45) is -3.64. The zero-order chi connectivity index (χ0) is 57.6. The lowest BCUT2D eigenvalue weighted by Gasteiger charge is -2.34. The van der Waals surface area contributed by atoms with Crippen LogP contribution in [0.4, 0.5) is 0 Å². The summed E-state index contributed by atoms with van der Waals surface area (Å²) < 4.78 is 5.39. The fraction of sp³-hybridized carbons (Fsp3) is 0.600. The molecule has 1 aliphatic rings. The average Bonchev–Trinajstić information content (AvgIpc) is 3.72. The van der Waals surface area contributed by atoms with Crippen LogP contribution in [0.25, 0.3) is 0 Å². The first-order valence-electron chi connectivity index (χ1n) is 25.5. The second kappa shape index (κ2) is 31.4. The molecule has 0 aliphatic carbocycles. The first-order chi connectivity index (χ1) is 36.4. The molecule has 27 nitrogen and oxygen atoms in total. The van der Waals surface area contributed by atoms with Crippen molar-refractivity contribution in [3.05, 3.63) is 59.0 Å². The van der Waals surface area contributed by atoms with E-state index in [0.717, 1.165) is 0 Å². The highest BCUT2D eigenvalue weighted by molar-refractivity contribution is 6.00. The first kappa shape index (κ1) is 64.4. The van der Waals surface area contributed by atoms with Gasteiger partial charge in [-0.25, -0.2) is 0 Å². The third-order valence-corrected chi connectivity index (χ3v) is 12.5. The number of hydrogen-bond acceptors (Lipinski definition) is 18. The molecular formula is C50H79N13O14. The van der Waals surface area contributed by atoms with Crippen molar-refractivity contribution in [1.29, 1.82) is 0 Å². The summed E-state index contributed by atoms with van der Waals surface area (Å²) in [5, 5.41) is 57.1. The van der Waals surface area contributed by atoms with Gasteiger partial charge in [-0.15, -0.1) is 0 Å². The lowest BCUT2D eigenvalue weighted by molar-refractivity contribution is -0.136. The highest BCUT2D eigenvalue weighted by atomic mass is 16.3. The van der Waals surface area contributed by atoms with Crippen LogP contribution in [0, 0.1) is 19.8 Å². The normalized spacial score (nSPS) is 24.3. The van der Waals surface area contributed by atoms with Gasteiger partial charge in [-0.1, -0.05) is 44.2 Å². The Morgan fingerprint density at radius 1 is 0.779 bits per heavy atom. The Kier molecular flexibility index (Phi) is 26.2. The van der Waals surface area contributed by atoms with Crippen LogP contribution in [-0.2, 0) is 49.6 Å². The van der Waals surface area contributed by atoms with Crippen molar-refractivity contribution in [3.63, 3.8) is 0 Å². The molecule has 1 saturated heterocycles. The van der Waals surface area contributed by atoms with Gasteiger partial charge in [0.25, 0.3) is 5.91 Å². The predicted octanol–water partition coefficient (Wildman–Crippen LogP) is -5.48. The summed E-state index contributed by atoms with van der Waals surface area (Å²) in [4.78, 5) is 138. The van der Waals surface area contributed by atoms with E-state index in [2.05, 4.69) is 53.2 Å². The lowest BCUT2D eigenvalue weighted by atomic mass is 9.94. The van der Waals surface area contributed by atoms with Crippen molar-refractivity contribution >= 4 is 59.5 Å². The van der Waals surface area contributed by atoms with E-state index in [9.17, 15) is 63.3 Å². The summed E-state index contributed by atoms with van der Waals surface area (Å²) in [6.45, 7) is 6.74. The zero-order valence-electron chi connectivity index (χ0n) is 44.4. The van der Waals surface area contributed by atoms with Crippen LogP contribution in [0.15, 0.2) is 40.8 Å². The van der Waals surface area contributed by atoms with Crippen LogP contribution in [0.3, 0.4) is 0 Å². The Bertz CT molecular complexity index is 2330. The average molecular weight is 1090 g/mol. The molecule has 2 heterocycles. The van der Waals surface area contributed by atoms with Crippen LogP contribution in [-0.4, -0.2) is 180 Å². The Labute approximate surface area is 446 Å². The van der Waals surface area contributed by atoms with E-state index in [-0.39, 0.29) is 69.0 Å². The summed E-state index contributed by atoms with van der Waals surface area (Å²) in [6, 6.07) is -2.38. The summed E-state index contributed by atoms with van der Waals surface area (Å²) >= 11 is 0. The molecule has 3 rings (SSSR count). The number of carbonyl (C=O) groups excluding carboxylic acids is 10. The van der Waals surface area contributed by atoms with Crippen LogP contribution in [0.1, 0.15) is 87.2 Å². The Balaban J connectivity index is 2.11. The largest absolute Gasteiger partial charge is 0.466 e. The zero-order valence-corrected chi connectivity index (χ0v) is 44.4. The monoisotopic (exact) mass is 1090 g/mol. The van der Waals surface area contributed by atoms with Crippen molar-refractivity contribution in [1.82, 2.24) is 53.2 Å². The first-order valence-corrected chi connectivity index (χ1v) is 25.5. The molecule has 19 N–H and O–H groups in total. The number of aldehydes is 1. The van der Waals surface area contributed by atoms with Gasteiger partial charge in [0, 0.05) is 19.5 Å². The molecule has 1 aromatic carbocycles. The minimum absolute atomic E-state index is 0.0403. The number of hydrogen-bond donors (Lipinski definition) is 16. The van der Waals surface area contributed by atoms with Crippen LogP contribution in [0.5, 0.6) is 0 Å². The number of aryl methyl sites for hydroxylation is 2. The molecule has 2 aromatic rings. The van der Waals surface area contributed by atoms with Gasteiger partial charge in [0.05, 0.1) is 30.4 Å². The molecule has 1 fully saturated rings. The van der Waals surface area contributed by atoms with Gasteiger partial charge in [-0.2, -0.15) is 0 Å². The van der Waals surface area contributed by atoms with Gasteiger partial charge in [0.1, 0.15) is 65.6 Å². The van der Waals surface area contributed by atoms with E-state index >= 15 is 0 Å². The van der Waals surface area contributed by atoms with E-state index in [1.165, 1.54) is 26.8 Å². The molecule has 9 amide bonds. The molecule has 11 atom stereocenters. The van der Waals surface area contributed by atoms with Gasteiger partial charge < -0.3 is 94.9 Å². The van der Waals surface area contributed by atoms with Crippen molar-refractivity contribution in [2.45, 2.75) is 146 Å². The van der Waals surface area contributed by atoms with E-state index in [0.29, 0.717) is 17.6 Å².